The summed E-state index contributed by atoms with van der Waals surface area (Å²) in [6.45, 7) is 1.41. The average Bonchev–Trinajstić information content (AvgIpc) is 2.22. The zero-order valence-electron chi connectivity index (χ0n) is 8.87. The second kappa shape index (κ2) is 5.49. The van der Waals surface area contributed by atoms with E-state index in [9.17, 15) is 14.0 Å². The highest BCUT2D eigenvalue weighted by Crippen LogP contribution is 2.21. The van der Waals surface area contributed by atoms with Crippen LogP contribution in [0.3, 0.4) is 0 Å². The molecule has 1 atom stereocenters. The number of carbonyl (C=O) groups excluding carboxylic acids is 2. The summed E-state index contributed by atoms with van der Waals surface area (Å²) in [5.74, 6) is -1.07. The number of amides is 3. The second-order valence-corrected chi connectivity index (χ2v) is 3.60. The number of primary amides is 1. The number of benzene rings is 1. The summed E-state index contributed by atoms with van der Waals surface area (Å²) < 4.78 is 18.0. The number of imide groups is 1. The van der Waals surface area contributed by atoms with Crippen molar-refractivity contribution in [3.05, 3.63) is 29.0 Å². The van der Waals surface area contributed by atoms with Crippen LogP contribution in [-0.2, 0) is 4.79 Å². The lowest BCUT2D eigenvalue weighted by Crippen LogP contribution is -2.42. The van der Waals surface area contributed by atoms with Crippen molar-refractivity contribution < 1.29 is 18.7 Å². The molecule has 3 amide bonds. The summed E-state index contributed by atoms with van der Waals surface area (Å²) in [4.78, 5) is 21.7. The minimum atomic E-state index is -0.970. The Bertz CT molecular complexity index is 453. The van der Waals surface area contributed by atoms with Gasteiger partial charge in [-0.3, -0.25) is 10.1 Å². The standard InChI is InChI=1S/C10H10ClFN2O3/c1-5(9(15)14-10(13)16)17-6-2-3-8(12)7(11)4-6/h2-5H,1H3,(H3,13,14,15,16). The zero-order chi connectivity index (χ0) is 13.0. The van der Waals surface area contributed by atoms with Gasteiger partial charge in [0.1, 0.15) is 11.6 Å². The van der Waals surface area contributed by atoms with Gasteiger partial charge in [0.15, 0.2) is 6.10 Å². The third kappa shape index (κ3) is 3.92. The molecule has 17 heavy (non-hydrogen) atoms. The molecule has 1 unspecified atom stereocenters. The third-order valence-electron chi connectivity index (χ3n) is 1.82. The topological polar surface area (TPSA) is 81.4 Å². The molecule has 0 spiro atoms. The van der Waals surface area contributed by atoms with E-state index in [2.05, 4.69) is 0 Å². The summed E-state index contributed by atoms with van der Waals surface area (Å²) in [7, 11) is 0. The van der Waals surface area contributed by atoms with Crippen molar-refractivity contribution in [1.82, 2.24) is 5.32 Å². The number of halogens is 2. The van der Waals surface area contributed by atoms with E-state index < -0.39 is 23.9 Å². The summed E-state index contributed by atoms with van der Waals surface area (Å²) in [5, 5.41) is 1.74. The monoisotopic (exact) mass is 260 g/mol. The molecule has 0 saturated heterocycles. The van der Waals surface area contributed by atoms with Crippen molar-refractivity contribution in [2.45, 2.75) is 13.0 Å². The molecule has 92 valence electrons. The largest absolute Gasteiger partial charge is 0.481 e. The molecule has 1 aromatic carbocycles. The Kier molecular flexibility index (Phi) is 4.28. The van der Waals surface area contributed by atoms with E-state index in [1.54, 1.807) is 0 Å². The molecular formula is C10H10ClFN2O3. The highest BCUT2D eigenvalue weighted by Gasteiger charge is 2.16. The van der Waals surface area contributed by atoms with E-state index in [4.69, 9.17) is 22.1 Å². The minimum Gasteiger partial charge on any atom is -0.481 e. The van der Waals surface area contributed by atoms with Crippen LogP contribution < -0.4 is 15.8 Å². The molecule has 0 radical (unpaired) electrons. The molecule has 3 N–H and O–H groups in total. The average molecular weight is 261 g/mol. The van der Waals surface area contributed by atoms with Gasteiger partial charge in [-0.05, 0) is 19.1 Å². The van der Waals surface area contributed by atoms with Crippen molar-refractivity contribution >= 4 is 23.5 Å². The number of nitrogens with one attached hydrogen (secondary N) is 1. The summed E-state index contributed by atoms with van der Waals surface area (Å²) >= 11 is 5.53. The van der Waals surface area contributed by atoms with Crippen molar-refractivity contribution in [2.75, 3.05) is 0 Å². The number of nitrogens with two attached hydrogens (primary N) is 1. The molecule has 0 fully saturated rings. The number of hydrogen-bond donors (Lipinski definition) is 2. The fourth-order valence-corrected chi connectivity index (χ4v) is 1.20. The van der Waals surface area contributed by atoms with Crippen LogP contribution in [0.4, 0.5) is 9.18 Å². The SMILES string of the molecule is CC(Oc1ccc(F)c(Cl)c1)C(=O)NC(N)=O. The molecular weight excluding hydrogens is 251 g/mol. The molecule has 0 aliphatic rings. The van der Waals surface area contributed by atoms with Gasteiger partial charge in [-0.25, -0.2) is 9.18 Å². The molecule has 0 saturated carbocycles. The number of rotatable bonds is 3. The van der Waals surface area contributed by atoms with Crippen molar-refractivity contribution in [3.63, 3.8) is 0 Å². The summed E-state index contributed by atoms with van der Waals surface area (Å²) in [5.41, 5.74) is 4.77. The highest BCUT2D eigenvalue weighted by atomic mass is 35.5. The first-order chi connectivity index (χ1) is 7.90. The van der Waals surface area contributed by atoms with Gasteiger partial charge in [-0.15, -0.1) is 0 Å². The predicted molar refractivity (Wildman–Crippen MR) is 59.2 cm³/mol. The Morgan fingerprint density at radius 1 is 1.53 bits per heavy atom. The smallest absolute Gasteiger partial charge is 0.318 e. The lowest BCUT2D eigenvalue weighted by molar-refractivity contribution is -0.126. The van der Waals surface area contributed by atoms with Crippen LogP contribution in [0.1, 0.15) is 6.92 Å². The van der Waals surface area contributed by atoms with Crippen LogP contribution in [0.5, 0.6) is 5.75 Å². The van der Waals surface area contributed by atoms with Gasteiger partial charge >= 0.3 is 6.03 Å². The molecule has 0 aromatic heterocycles. The van der Waals surface area contributed by atoms with E-state index in [0.29, 0.717) is 0 Å². The van der Waals surface area contributed by atoms with Gasteiger partial charge in [-0.1, -0.05) is 11.6 Å². The van der Waals surface area contributed by atoms with Crippen LogP contribution >= 0.6 is 11.6 Å². The lowest BCUT2D eigenvalue weighted by atomic mass is 10.3. The van der Waals surface area contributed by atoms with Gasteiger partial charge in [0.25, 0.3) is 5.91 Å². The Morgan fingerprint density at radius 3 is 2.71 bits per heavy atom. The fourth-order valence-electron chi connectivity index (χ4n) is 1.03. The maximum Gasteiger partial charge on any atom is 0.318 e. The van der Waals surface area contributed by atoms with E-state index in [1.165, 1.54) is 19.1 Å². The highest BCUT2D eigenvalue weighted by molar-refractivity contribution is 6.30. The molecule has 1 aromatic rings. The number of carbonyl (C=O) groups is 2. The number of ether oxygens (including phenoxy) is 1. The van der Waals surface area contributed by atoms with Crippen molar-refractivity contribution in [3.8, 4) is 5.75 Å². The van der Waals surface area contributed by atoms with E-state index in [1.807, 2.05) is 5.32 Å². The van der Waals surface area contributed by atoms with Gasteiger partial charge in [0.2, 0.25) is 0 Å². The van der Waals surface area contributed by atoms with Crippen LogP contribution in [-0.4, -0.2) is 18.0 Å². The Hall–Kier alpha value is -1.82. The third-order valence-corrected chi connectivity index (χ3v) is 2.11. The van der Waals surface area contributed by atoms with E-state index in [-0.39, 0.29) is 10.8 Å². The molecule has 7 heteroatoms. The summed E-state index contributed by atoms with van der Waals surface area (Å²) in [6.07, 6.45) is -0.955. The Morgan fingerprint density at radius 2 is 2.18 bits per heavy atom. The zero-order valence-corrected chi connectivity index (χ0v) is 9.62. The van der Waals surface area contributed by atoms with Crippen molar-refractivity contribution in [1.29, 1.82) is 0 Å². The maximum absolute atomic E-state index is 12.8. The first-order valence-electron chi connectivity index (χ1n) is 4.62. The maximum atomic E-state index is 12.8. The van der Waals surface area contributed by atoms with Crippen LogP contribution in [0.2, 0.25) is 5.02 Å². The van der Waals surface area contributed by atoms with Gasteiger partial charge in [0, 0.05) is 6.07 Å². The molecule has 0 heterocycles. The molecule has 0 aliphatic carbocycles. The van der Waals surface area contributed by atoms with Crippen LogP contribution in [0.15, 0.2) is 18.2 Å². The van der Waals surface area contributed by atoms with Gasteiger partial charge in [0.05, 0.1) is 5.02 Å². The number of urea groups is 1. The predicted octanol–water partition coefficient (Wildman–Crippen LogP) is 1.44. The molecule has 0 bridgehead atoms. The van der Waals surface area contributed by atoms with Crippen LogP contribution in [0.25, 0.3) is 0 Å². The first-order valence-corrected chi connectivity index (χ1v) is 5.00. The molecule has 5 nitrogen and oxygen atoms in total. The second-order valence-electron chi connectivity index (χ2n) is 3.19. The summed E-state index contributed by atoms with van der Waals surface area (Å²) in [6, 6.07) is 2.68. The van der Waals surface area contributed by atoms with Gasteiger partial charge in [-0.2, -0.15) is 0 Å². The van der Waals surface area contributed by atoms with E-state index in [0.717, 1.165) is 6.07 Å². The minimum absolute atomic E-state index is 0.120. The lowest BCUT2D eigenvalue weighted by Gasteiger charge is -2.13. The number of hydrogen-bond acceptors (Lipinski definition) is 3. The molecule has 1 rings (SSSR count). The molecule has 0 aliphatic heterocycles. The van der Waals surface area contributed by atoms with Gasteiger partial charge < -0.3 is 10.5 Å². The normalized spacial score (nSPS) is 11.7. The fraction of sp³-hybridized carbons (Fsp3) is 0.200. The quantitative estimate of drug-likeness (QED) is 0.863. The van der Waals surface area contributed by atoms with Crippen molar-refractivity contribution in [2.24, 2.45) is 5.73 Å². The first kappa shape index (κ1) is 13.2. The Labute approximate surface area is 102 Å². The van der Waals surface area contributed by atoms with Crippen LogP contribution in [0, 0.1) is 5.82 Å². The Balaban J connectivity index is 2.67. The van der Waals surface area contributed by atoms with E-state index >= 15 is 0 Å².